The normalized spacial score (nSPS) is 26.6. The van der Waals surface area contributed by atoms with Crippen molar-refractivity contribution < 1.29 is 4.74 Å². The third-order valence-corrected chi connectivity index (χ3v) is 5.39. The fourth-order valence-electron chi connectivity index (χ4n) is 3.58. The molecule has 0 radical (unpaired) electrons. The van der Waals surface area contributed by atoms with Crippen LogP contribution in [0.5, 0.6) is 5.75 Å². The van der Waals surface area contributed by atoms with E-state index < -0.39 is 0 Å². The van der Waals surface area contributed by atoms with Crippen LogP contribution in [0.3, 0.4) is 0 Å². The van der Waals surface area contributed by atoms with Crippen molar-refractivity contribution in [1.29, 1.82) is 0 Å². The zero-order chi connectivity index (χ0) is 14.1. The third-order valence-electron chi connectivity index (χ3n) is 4.73. The first-order valence-corrected chi connectivity index (χ1v) is 8.36. The zero-order valence-corrected chi connectivity index (χ0v) is 13.9. The third kappa shape index (κ3) is 2.56. The Bertz CT molecular complexity index is 480. The highest BCUT2D eigenvalue weighted by atomic mass is 79.9. The van der Waals surface area contributed by atoms with Gasteiger partial charge in [0.2, 0.25) is 0 Å². The van der Waals surface area contributed by atoms with Crippen LogP contribution in [0.25, 0.3) is 0 Å². The molecular formula is C16H23BrN2O. The van der Waals surface area contributed by atoms with Crippen LogP contribution in [0.4, 0.5) is 5.69 Å². The van der Waals surface area contributed by atoms with Gasteiger partial charge in [-0.05, 0) is 53.9 Å². The van der Waals surface area contributed by atoms with Crippen LogP contribution in [0.15, 0.2) is 22.7 Å². The van der Waals surface area contributed by atoms with E-state index in [9.17, 15) is 0 Å². The molecule has 2 heterocycles. The van der Waals surface area contributed by atoms with E-state index in [1.54, 1.807) is 7.11 Å². The molecule has 20 heavy (non-hydrogen) atoms. The van der Waals surface area contributed by atoms with Gasteiger partial charge >= 0.3 is 0 Å². The molecule has 0 bridgehead atoms. The van der Waals surface area contributed by atoms with Crippen molar-refractivity contribution in [2.24, 2.45) is 0 Å². The molecule has 3 nitrogen and oxygen atoms in total. The smallest absolute Gasteiger partial charge is 0.135 e. The lowest BCUT2D eigenvalue weighted by atomic mass is 10.0. The molecular weight excluding hydrogens is 316 g/mol. The molecule has 0 saturated carbocycles. The first kappa shape index (κ1) is 14.2. The molecule has 2 atom stereocenters. The van der Waals surface area contributed by atoms with Gasteiger partial charge in [0.25, 0.3) is 0 Å². The van der Waals surface area contributed by atoms with E-state index in [2.05, 4.69) is 50.9 Å². The second kappa shape index (κ2) is 5.94. The second-order valence-electron chi connectivity index (χ2n) is 5.82. The Morgan fingerprint density at radius 3 is 2.95 bits per heavy atom. The average Bonchev–Trinajstić information content (AvgIpc) is 2.93. The largest absolute Gasteiger partial charge is 0.495 e. The fourth-order valence-corrected chi connectivity index (χ4v) is 3.99. The summed E-state index contributed by atoms with van der Waals surface area (Å²) in [5, 5.41) is 0. The summed E-state index contributed by atoms with van der Waals surface area (Å²) in [6.07, 6.45) is 3.90. The summed E-state index contributed by atoms with van der Waals surface area (Å²) in [5.41, 5.74) is 1.29. The van der Waals surface area contributed by atoms with E-state index in [0.717, 1.165) is 22.8 Å². The average molecular weight is 339 g/mol. The van der Waals surface area contributed by atoms with Gasteiger partial charge in [-0.2, -0.15) is 0 Å². The molecule has 0 amide bonds. The number of ether oxygens (including phenoxy) is 1. The lowest BCUT2D eigenvalue weighted by molar-refractivity contribution is 0.194. The molecule has 0 aromatic heterocycles. The molecule has 3 rings (SSSR count). The molecule has 1 aromatic carbocycles. The van der Waals surface area contributed by atoms with Crippen LogP contribution in [-0.4, -0.2) is 43.7 Å². The molecule has 110 valence electrons. The van der Waals surface area contributed by atoms with Crippen LogP contribution in [0.2, 0.25) is 0 Å². The van der Waals surface area contributed by atoms with Gasteiger partial charge in [0, 0.05) is 36.9 Å². The molecule has 2 fully saturated rings. The maximum Gasteiger partial charge on any atom is 0.135 e. The molecule has 2 saturated heterocycles. The Labute approximate surface area is 130 Å². The quantitative estimate of drug-likeness (QED) is 0.838. The Morgan fingerprint density at radius 2 is 2.20 bits per heavy atom. The fraction of sp³-hybridized carbons (Fsp3) is 0.625. The number of anilines is 1. The summed E-state index contributed by atoms with van der Waals surface area (Å²) in [6.45, 7) is 5.95. The monoisotopic (exact) mass is 338 g/mol. The Hall–Kier alpha value is -0.740. The number of fused-ring (bicyclic) bond motifs is 1. The topological polar surface area (TPSA) is 15.7 Å². The Balaban J connectivity index is 1.86. The van der Waals surface area contributed by atoms with E-state index in [4.69, 9.17) is 4.74 Å². The molecule has 0 aliphatic carbocycles. The first-order valence-electron chi connectivity index (χ1n) is 7.57. The number of rotatable bonds is 3. The predicted molar refractivity (Wildman–Crippen MR) is 86.7 cm³/mol. The number of piperazine rings is 1. The minimum Gasteiger partial charge on any atom is -0.495 e. The molecule has 1 aromatic rings. The summed E-state index contributed by atoms with van der Waals surface area (Å²) < 4.78 is 6.47. The maximum atomic E-state index is 5.45. The number of halogens is 1. The first-order chi connectivity index (χ1) is 9.72. The summed E-state index contributed by atoms with van der Waals surface area (Å²) >= 11 is 3.54. The SMILES string of the molecule is CCC1CN2CCCC2CN1c1ccc(Br)c(OC)c1. The summed E-state index contributed by atoms with van der Waals surface area (Å²) in [7, 11) is 1.73. The molecule has 2 unspecified atom stereocenters. The van der Waals surface area contributed by atoms with Gasteiger partial charge in [-0.25, -0.2) is 0 Å². The summed E-state index contributed by atoms with van der Waals surface area (Å²) in [6, 6.07) is 7.83. The van der Waals surface area contributed by atoms with Gasteiger partial charge in [0.05, 0.1) is 11.6 Å². The molecule has 0 N–H and O–H groups in total. The number of nitrogens with zero attached hydrogens (tertiary/aromatic N) is 2. The van der Waals surface area contributed by atoms with Gasteiger partial charge in [-0.1, -0.05) is 6.92 Å². The summed E-state index contributed by atoms with van der Waals surface area (Å²) in [5.74, 6) is 0.922. The predicted octanol–water partition coefficient (Wildman–Crippen LogP) is 3.52. The van der Waals surface area contributed by atoms with Crippen LogP contribution >= 0.6 is 15.9 Å². The second-order valence-corrected chi connectivity index (χ2v) is 6.68. The Kier molecular flexibility index (Phi) is 4.22. The van der Waals surface area contributed by atoms with E-state index >= 15 is 0 Å². The minimum absolute atomic E-state index is 0.621. The van der Waals surface area contributed by atoms with Crippen LogP contribution in [0, 0.1) is 0 Å². The summed E-state index contributed by atoms with van der Waals surface area (Å²) in [4.78, 5) is 5.27. The van der Waals surface area contributed by atoms with E-state index in [1.165, 1.54) is 38.0 Å². The zero-order valence-electron chi connectivity index (χ0n) is 12.3. The highest BCUT2D eigenvalue weighted by Gasteiger charge is 2.35. The number of benzene rings is 1. The number of hydrogen-bond acceptors (Lipinski definition) is 3. The molecule has 4 heteroatoms. The standard InChI is InChI=1S/C16H23BrN2O/c1-3-12-10-18-8-4-5-14(18)11-19(12)13-6-7-15(17)16(9-13)20-2/h6-7,9,12,14H,3-5,8,10-11H2,1-2H3. The van der Waals surface area contributed by atoms with Gasteiger partial charge in [-0.15, -0.1) is 0 Å². The lowest BCUT2D eigenvalue weighted by Gasteiger charge is -2.45. The maximum absolute atomic E-state index is 5.45. The van der Waals surface area contributed by atoms with Gasteiger partial charge in [0.1, 0.15) is 5.75 Å². The number of methoxy groups -OCH3 is 1. The highest BCUT2D eigenvalue weighted by molar-refractivity contribution is 9.10. The number of hydrogen-bond donors (Lipinski definition) is 0. The van der Waals surface area contributed by atoms with Gasteiger partial charge in [-0.3, -0.25) is 4.90 Å². The minimum atomic E-state index is 0.621. The molecule has 2 aliphatic rings. The van der Waals surface area contributed by atoms with Crippen molar-refractivity contribution in [3.63, 3.8) is 0 Å². The molecule has 0 spiro atoms. The Morgan fingerprint density at radius 1 is 1.35 bits per heavy atom. The van der Waals surface area contributed by atoms with Crippen molar-refractivity contribution in [2.45, 2.75) is 38.3 Å². The van der Waals surface area contributed by atoms with Crippen molar-refractivity contribution in [2.75, 3.05) is 31.6 Å². The van der Waals surface area contributed by atoms with Crippen molar-refractivity contribution in [1.82, 2.24) is 4.90 Å². The van der Waals surface area contributed by atoms with E-state index in [-0.39, 0.29) is 0 Å². The van der Waals surface area contributed by atoms with Gasteiger partial charge < -0.3 is 9.64 Å². The lowest BCUT2D eigenvalue weighted by Crippen LogP contribution is -2.56. The highest BCUT2D eigenvalue weighted by Crippen LogP contribution is 2.34. The van der Waals surface area contributed by atoms with Crippen molar-refractivity contribution in [3.8, 4) is 5.75 Å². The van der Waals surface area contributed by atoms with E-state index in [1.807, 2.05) is 0 Å². The van der Waals surface area contributed by atoms with Crippen molar-refractivity contribution >= 4 is 21.6 Å². The van der Waals surface area contributed by atoms with Crippen LogP contribution in [0.1, 0.15) is 26.2 Å². The molecule has 2 aliphatic heterocycles. The van der Waals surface area contributed by atoms with Gasteiger partial charge in [0.15, 0.2) is 0 Å². The van der Waals surface area contributed by atoms with Crippen LogP contribution < -0.4 is 9.64 Å². The van der Waals surface area contributed by atoms with E-state index in [0.29, 0.717) is 6.04 Å². The van der Waals surface area contributed by atoms with Crippen LogP contribution in [-0.2, 0) is 0 Å². The van der Waals surface area contributed by atoms with Crippen molar-refractivity contribution in [3.05, 3.63) is 22.7 Å².